The number of ether oxygens (including phenoxy) is 1. The zero-order valence-corrected chi connectivity index (χ0v) is 13.5. The Labute approximate surface area is 140 Å². The maximum absolute atomic E-state index is 11.1. The molecule has 2 rings (SSSR count). The minimum atomic E-state index is -1.31. The fourth-order valence-corrected chi connectivity index (χ4v) is 2.48. The van der Waals surface area contributed by atoms with Crippen molar-refractivity contribution in [2.75, 3.05) is 0 Å². The molecule has 0 unspecified atom stereocenters. The molecule has 1 N–H and O–H groups in total. The van der Waals surface area contributed by atoms with Crippen molar-refractivity contribution in [1.82, 2.24) is 4.98 Å². The molecule has 0 fully saturated rings. The van der Waals surface area contributed by atoms with E-state index in [4.69, 9.17) is 56.2 Å². The molecule has 0 amide bonds. The van der Waals surface area contributed by atoms with Gasteiger partial charge in [0.15, 0.2) is 5.69 Å². The molecular weight excluding hydrogens is 360 g/mol. The van der Waals surface area contributed by atoms with Gasteiger partial charge in [0.1, 0.15) is 5.75 Å². The summed E-state index contributed by atoms with van der Waals surface area (Å²) in [6.45, 7) is 1.61. The first-order chi connectivity index (χ1) is 9.79. The number of carboxylic acid groups (broad SMARTS) is 1. The van der Waals surface area contributed by atoms with Crippen LogP contribution in [0, 0.1) is 6.92 Å². The Morgan fingerprint density at radius 3 is 2.19 bits per heavy atom. The van der Waals surface area contributed by atoms with Gasteiger partial charge in [0, 0.05) is 15.6 Å². The van der Waals surface area contributed by atoms with Gasteiger partial charge >= 0.3 is 5.97 Å². The minimum absolute atomic E-state index is 0.0140. The van der Waals surface area contributed by atoms with Crippen LogP contribution in [0.3, 0.4) is 0 Å². The van der Waals surface area contributed by atoms with E-state index in [-0.39, 0.29) is 15.9 Å². The Morgan fingerprint density at radius 2 is 1.67 bits per heavy atom. The van der Waals surface area contributed by atoms with E-state index in [1.54, 1.807) is 6.92 Å². The Morgan fingerprint density at radius 1 is 1.10 bits per heavy atom. The summed E-state index contributed by atoms with van der Waals surface area (Å²) in [5.41, 5.74) is 0.0122. The summed E-state index contributed by atoms with van der Waals surface area (Å²) in [7, 11) is 0. The smallest absolute Gasteiger partial charge is 0.356 e. The van der Waals surface area contributed by atoms with Gasteiger partial charge in [-0.25, -0.2) is 9.78 Å². The number of rotatable bonds is 3. The van der Waals surface area contributed by atoms with E-state index in [1.165, 1.54) is 18.2 Å². The predicted octanol–water partition coefficient (Wildman–Crippen LogP) is 5.49. The summed E-state index contributed by atoms with van der Waals surface area (Å²) in [6, 6.07) is 4.56. The van der Waals surface area contributed by atoms with Gasteiger partial charge in [-0.15, -0.1) is 0 Å². The number of pyridine rings is 1. The summed E-state index contributed by atoms with van der Waals surface area (Å²) in [5.74, 6) is -0.992. The van der Waals surface area contributed by atoms with Crippen LogP contribution in [0.2, 0.25) is 20.1 Å². The molecule has 1 aromatic carbocycles. The average Bonchev–Trinajstić information content (AvgIpc) is 2.38. The summed E-state index contributed by atoms with van der Waals surface area (Å²) >= 11 is 23.6. The van der Waals surface area contributed by atoms with Gasteiger partial charge in [-0.05, 0) is 25.1 Å². The van der Waals surface area contributed by atoms with Crippen LogP contribution >= 0.6 is 46.4 Å². The molecule has 21 heavy (non-hydrogen) atoms. The normalized spacial score (nSPS) is 10.5. The number of hydrogen-bond acceptors (Lipinski definition) is 3. The molecule has 0 bridgehead atoms. The summed E-state index contributed by atoms with van der Waals surface area (Å²) in [6.07, 6.45) is 0. The predicted molar refractivity (Wildman–Crippen MR) is 82.5 cm³/mol. The van der Waals surface area contributed by atoms with Gasteiger partial charge in [-0.3, -0.25) is 0 Å². The third kappa shape index (κ3) is 3.52. The van der Waals surface area contributed by atoms with Gasteiger partial charge in [0.05, 0.1) is 10.0 Å². The summed E-state index contributed by atoms with van der Waals surface area (Å²) < 4.78 is 5.51. The lowest BCUT2D eigenvalue weighted by Crippen LogP contribution is -2.05. The zero-order valence-electron chi connectivity index (χ0n) is 10.5. The Balaban J connectivity index is 2.51. The van der Waals surface area contributed by atoms with E-state index in [0.29, 0.717) is 21.4 Å². The first-order valence-corrected chi connectivity index (χ1v) is 7.03. The number of hydrogen-bond donors (Lipinski definition) is 1. The fourth-order valence-electron chi connectivity index (χ4n) is 1.54. The van der Waals surface area contributed by atoms with Gasteiger partial charge in [0.2, 0.25) is 5.88 Å². The monoisotopic (exact) mass is 365 g/mol. The van der Waals surface area contributed by atoms with Crippen molar-refractivity contribution < 1.29 is 14.6 Å². The van der Waals surface area contributed by atoms with Crippen molar-refractivity contribution in [2.24, 2.45) is 0 Å². The Hall–Kier alpha value is -1.20. The lowest BCUT2D eigenvalue weighted by atomic mass is 10.2. The van der Waals surface area contributed by atoms with E-state index >= 15 is 0 Å². The van der Waals surface area contributed by atoms with Crippen LogP contribution in [-0.2, 0) is 0 Å². The molecule has 0 aliphatic rings. The lowest BCUT2D eigenvalue weighted by molar-refractivity contribution is 0.0690. The standard InChI is InChI=1S/C13H7Cl4NO3/c1-5-9(16)10(17)11(13(19)20)18-12(5)21-8-3-6(14)2-7(15)4-8/h2-4H,1H3,(H,19,20). The number of halogens is 4. The molecule has 0 saturated carbocycles. The molecule has 0 radical (unpaired) electrons. The Kier molecular flexibility index (Phi) is 4.84. The number of aromatic nitrogens is 1. The molecule has 0 atom stereocenters. The van der Waals surface area contributed by atoms with Crippen molar-refractivity contribution >= 4 is 52.4 Å². The highest BCUT2D eigenvalue weighted by molar-refractivity contribution is 6.44. The largest absolute Gasteiger partial charge is 0.476 e. The first kappa shape index (κ1) is 16.2. The third-order valence-corrected chi connectivity index (χ3v) is 3.89. The van der Waals surface area contributed by atoms with Crippen molar-refractivity contribution in [3.05, 3.63) is 49.5 Å². The number of carboxylic acids is 1. The number of carbonyl (C=O) groups is 1. The highest BCUT2D eigenvalue weighted by Crippen LogP contribution is 2.36. The van der Waals surface area contributed by atoms with Gasteiger partial charge in [0.25, 0.3) is 0 Å². The number of aromatic carboxylic acids is 1. The van der Waals surface area contributed by atoms with E-state index in [1.807, 2.05) is 0 Å². The lowest BCUT2D eigenvalue weighted by Gasteiger charge is -2.12. The van der Waals surface area contributed by atoms with Crippen LogP contribution in [-0.4, -0.2) is 16.1 Å². The highest BCUT2D eigenvalue weighted by atomic mass is 35.5. The molecule has 1 heterocycles. The van der Waals surface area contributed by atoms with Crippen LogP contribution in [0.1, 0.15) is 16.1 Å². The Bertz CT molecular complexity index is 714. The zero-order chi connectivity index (χ0) is 15.7. The molecular formula is C13H7Cl4NO3. The van der Waals surface area contributed by atoms with Crippen LogP contribution in [0.25, 0.3) is 0 Å². The fraction of sp³-hybridized carbons (Fsp3) is 0.0769. The van der Waals surface area contributed by atoms with Gasteiger partial charge in [-0.2, -0.15) is 0 Å². The van der Waals surface area contributed by atoms with Crippen molar-refractivity contribution in [3.63, 3.8) is 0 Å². The second-order valence-electron chi connectivity index (χ2n) is 4.03. The molecule has 0 aliphatic heterocycles. The van der Waals surface area contributed by atoms with Gasteiger partial charge < -0.3 is 9.84 Å². The van der Waals surface area contributed by atoms with Gasteiger partial charge in [-0.1, -0.05) is 46.4 Å². The van der Waals surface area contributed by atoms with Crippen molar-refractivity contribution in [3.8, 4) is 11.6 Å². The summed E-state index contributed by atoms with van der Waals surface area (Å²) in [4.78, 5) is 15.0. The van der Waals surface area contributed by atoms with Crippen molar-refractivity contribution in [2.45, 2.75) is 6.92 Å². The SMILES string of the molecule is Cc1c(Oc2cc(Cl)cc(Cl)c2)nc(C(=O)O)c(Cl)c1Cl. The van der Waals surface area contributed by atoms with Crippen LogP contribution in [0.15, 0.2) is 18.2 Å². The summed E-state index contributed by atoms with van der Waals surface area (Å²) in [5, 5.41) is 9.72. The van der Waals surface area contributed by atoms with E-state index < -0.39 is 11.7 Å². The van der Waals surface area contributed by atoms with E-state index in [9.17, 15) is 4.79 Å². The first-order valence-electron chi connectivity index (χ1n) is 5.52. The molecule has 8 heteroatoms. The number of nitrogens with zero attached hydrogens (tertiary/aromatic N) is 1. The maximum atomic E-state index is 11.1. The third-order valence-electron chi connectivity index (χ3n) is 2.52. The number of benzene rings is 1. The van der Waals surface area contributed by atoms with Crippen LogP contribution in [0.4, 0.5) is 0 Å². The molecule has 0 spiro atoms. The van der Waals surface area contributed by atoms with Crippen LogP contribution < -0.4 is 4.74 Å². The molecule has 4 nitrogen and oxygen atoms in total. The molecule has 110 valence electrons. The highest BCUT2D eigenvalue weighted by Gasteiger charge is 2.20. The second-order valence-corrected chi connectivity index (χ2v) is 5.66. The molecule has 0 saturated heterocycles. The molecule has 2 aromatic rings. The molecule has 1 aromatic heterocycles. The average molecular weight is 367 g/mol. The molecule has 0 aliphatic carbocycles. The quantitative estimate of drug-likeness (QED) is 0.779. The second kappa shape index (κ2) is 6.28. The van der Waals surface area contributed by atoms with E-state index in [2.05, 4.69) is 4.98 Å². The van der Waals surface area contributed by atoms with Crippen molar-refractivity contribution in [1.29, 1.82) is 0 Å². The minimum Gasteiger partial charge on any atom is -0.476 e. The van der Waals surface area contributed by atoms with E-state index in [0.717, 1.165) is 0 Å². The topological polar surface area (TPSA) is 59.4 Å². The van der Waals surface area contributed by atoms with Crippen LogP contribution in [0.5, 0.6) is 11.6 Å². The maximum Gasteiger partial charge on any atom is 0.356 e.